The van der Waals surface area contributed by atoms with Crippen LogP contribution >= 0.6 is 11.6 Å². The molecule has 8 heteroatoms. The van der Waals surface area contributed by atoms with Crippen molar-refractivity contribution in [2.24, 2.45) is 5.92 Å². The molecule has 0 radical (unpaired) electrons. The second-order valence-electron chi connectivity index (χ2n) is 7.50. The minimum atomic E-state index is -2.63. The van der Waals surface area contributed by atoms with E-state index >= 15 is 0 Å². The topological polar surface area (TPSA) is 49.6 Å². The Morgan fingerprint density at radius 1 is 1.30 bits per heavy atom. The number of likely N-dealkylation sites (tertiary alicyclic amines) is 1. The Bertz CT molecular complexity index is 831. The maximum Gasteiger partial charge on any atom is 0.298 e. The van der Waals surface area contributed by atoms with Gasteiger partial charge >= 0.3 is 0 Å². The fraction of sp³-hybridized carbons (Fsp3) is 0.579. The van der Waals surface area contributed by atoms with Crippen LogP contribution in [-0.4, -0.2) is 47.9 Å². The van der Waals surface area contributed by atoms with Crippen LogP contribution in [0.4, 0.5) is 14.8 Å². The van der Waals surface area contributed by atoms with E-state index in [-0.39, 0.29) is 37.8 Å². The van der Waals surface area contributed by atoms with Crippen LogP contribution in [0, 0.1) is 5.92 Å². The molecule has 4 rings (SSSR count). The van der Waals surface area contributed by atoms with Crippen molar-refractivity contribution in [3.63, 3.8) is 0 Å². The second-order valence-corrected chi connectivity index (χ2v) is 7.94. The molecule has 1 atom stereocenters. The number of rotatable bonds is 3. The normalized spacial score (nSPS) is 23.0. The first-order chi connectivity index (χ1) is 12.9. The third-order valence-corrected chi connectivity index (χ3v) is 5.67. The van der Waals surface area contributed by atoms with Crippen molar-refractivity contribution in [1.29, 1.82) is 0 Å². The fourth-order valence-electron chi connectivity index (χ4n) is 3.89. The van der Waals surface area contributed by atoms with Crippen molar-refractivity contribution in [2.45, 2.75) is 38.0 Å². The number of halogens is 3. The minimum Gasteiger partial charge on any atom is -0.423 e. The summed E-state index contributed by atoms with van der Waals surface area (Å²) in [6.45, 7) is 1.79. The predicted molar refractivity (Wildman–Crippen MR) is 99.3 cm³/mol. The van der Waals surface area contributed by atoms with Crippen LogP contribution in [0.25, 0.3) is 11.1 Å². The van der Waals surface area contributed by atoms with Gasteiger partial charge in [-0.25, -0.2) is 8.78 Å². The number of carbonyl (C=O) groups is 1. The molecule has 5 nitrogen and oxygen atoms in total. The van der Waals surface area contributed by atoms with E-state index in [1.807, 2.05) is 6.07 Å². The van der Waals surface area contributed by atoms with E-state index in [0.717, 1.165) is 24.9 Å². The standard InChI is InChI=1S/C19H22ClF2N3O2/c20-14-3-4-15-16(11-14)27-18(23-15)25-7-1-2-13(12-25)10-17(26)24-8-5-19(21,22)6-9-24/h3-4,11,13H,1-2,5-10,12H2. The molecule has 0 N–H and O–H groups in total. The van der Waals surface area contributed by atoms with Crippen LogP contribution in [0.2, 0.25) is 5.02 Å². The number of nitrogens with zero attached hydrogens (tertiary/aromatic N) is 3. The van der Waals surface area contributed by atoms with Crippen molar-refractivity contribution in [3.8, 4) is 0 Å². The van der Waals surface area contributed by atoms with Gasteiger partial charge in [0.25, 0.3) is 11.9 Å². The van der Waals surface area contributed by atoms with Crippen molar-refractivity contribution in [1.82, 2.24) is 9.88 Å². The second kappa shape index (κ2) is 7.26. The number of anilines is 1. The lowest BCUT2D eigenvalue weighted by Gasteiger charge is -2.35. The number of aromatic nitrogens is 1. The van der Waals surface area contributed by atoms with E-state index < -0.39 is 5.92 Å². The van der Waals surface area contributed by atoms with E-state index in [0.29, 0.717) is 29.6 Å². The molecule has 1 aromatic heterocycles. The molecular formula is C19H22ClF2N3O2. The van der Waals surface area contributed by atoms with Crippen molar-refractivity contribution >= 4 is 34.6 Å². The van der Waals surface area contributed by atoms with Crippen LogP contribution in [0.3, 0.4) is 0 Å². The molecule has 1 amide bonds. The first kappa shape index (κ1) is 18.5. The minimum absolute atomic E-state index is 0.0262. The SMILES string of the molecule is O=C(CC1CCCN(c2nc3ccc(Cl)cc3o2)C1)N1CCC(F)(F)CC1. The van der Waals surface area contributed by atoms with Gasteiger partial charge in [0.1, 0.15) is 5.52 Å². The fourth-order valence-corrected chi connectivity index (χ4v) is 4.05. The highest BCUT2D eigenvalue weighted by atomic mass is 35.5. The number of hydrogen-bond acceptors (Lipinski definition) is 4. The average molecular weight is 398 g/mol. The van der Waals surface area contributed by atoms with Crippen molar-refractivity contribution in [3.05, 3.63) is 23.2 Å². The molecule has 1 unspecified atom stereocenters. The maximum atomic E-state index is 13.3. The molecule has 2 aliphatic heterocycles. The summed E-state index contributed by atoms with van der Waals surface area (Å²) in [6, 6.07) is 5.88. The molecule has 2 saturated heterocycles. The van der Waals surface area contributed by atoms with Gasteiger partial charge in [-0.2, -0.15) is 4.98 Å². The zero-order chi connectivity index (χ0) is 19.0. The number of amides is 1. The van der Waals surface area contributed by atoms with Gasteiger partial charge in [0.2, 0.25) is 5.91 Å². The summed E-state index contributed by atoms with van der Waals surface area (Å²) < 4.78 is 32.4. The van der Waals surface area contributed by atoms with Crippen LogP contribution < -0.4 is 4.90 Å². The highest BCUT2D eigenvalue weighted by molar-refractivity contribution is 6.31. The van der Waals surface area contributed by atoms with Gasteiger partial charge in [0, 0.05) is 56.5 Å². The monoisotopic (exact) mass is 397 g/mol. The van der Waals surface area contributed by atoms with Gasteiger partial charge in [0.15, 0.2) is 5.58 Å². The predicted octanol–water partition coefficient (Wildman–Crippen LogP) is 4.35. The summed E-state index contributed by atoms with van der Waals surface area (Å²) >= 11 is 6.00. The quantitative estimate of drug-likeness (QED) is 0.772. The number of fused-ring (bicyclic) bond motifs is 1. The largest absolute Gasteiger partial charge is 0.423 e. The number of benzene rings is 1. The van der Waals surface area contributed by atoms with Gasteiger partial charge in [-0.3, -0.25) is 4.79 Å². The van der Waals surface area contributed by atoms with E-state index in [2.05, 4.69) is 9.88 Å². The molecule has 2 aromatic rings. The number of alkyl halides is 2. The van der Waals surface area contributed by atoms with Gasteiger partial charge < -0.3 is 14.2 Å². The molecule has 0 aliphatic carbocycles. The molecule has 2 fully saturated rings. The zero-order valence-corrected chi connectivity index (χ0v) is 15.7. The average Bonchev–Trinajstić information content (AvgIpc) is 3.05. The molecule has 146 valence electrons. The van der Waals surface area contributed by atoms with Gasteiger partial charge in [-0.05, 0) is 30.9 Å². The summed E-state index contributed by atoms with van der Waals surface area (Å²) in [5.74, 6) is -2.48. The Balaban J connectivity index is 1.38. The molecule has 1 aromatic carbocycles. The van der Waals surface area contributed by atoms with Gasteiger partial charge in [0.05, 0.1) is 0 Å². The van der Waals surface area contributed by atoms with E-state index in [1.54, 1.807) is 17.0 Å². The summed E-state index contributed by atoms with van der Waals surface area (Å²) in [7, 11) is 0. The summed E-state index contributed by atoms with van der Waals surface area (Å²) in [4.78, 5) is 20.7. The lowest BCUT2D eigenvalue weighted by atomic mass is 9.94. The number of hydrogen-bond donors (Lipinski definition) is 0. The van der Waals surface area contributed by atoms with E-state index in [9.17, 15) is 13.6 Å². The van der Waals surface area contributed by atoms with E-state index in [1.165, 1.54) is 0 Å². The van der Waals surface area contributed by atoms with Crippen LogP contribution in [0.1, 0.15) is 32.1 Å². The summed E-state index contributed by atoms with van der Waals surface area (Å²) in [6.07, 6.45) is 1.80. The lowest BCUT2D eigenvalue weighted by molar-refractivity contribution is -0.138. The van der Waals surface area contributed by atoms with Gasteiger partial charge in [-0.15, -0.1) is 0 Å². The third-order valence-electron chi connectivity index (χ3n) is 5.44. The Labute approximate surface area is 161 Å². The Morgan fingerprint density at radius 3 is 2.85 bits per heavy atom. The first-order valence-corrected chi connectivity index (χ1v) is 9.74. The highest BCUT2D eigenvalue weighted by Gasteiger charge is 2.36. The highest BCUT2D eigenvalue weighted by Crippen LogP contribution is 2.31. The van der Waals surface area contributed by atoms with Crippen LogP contribution in [-0.2, 0) is 4.79 Å². The number of piperidine rings is 2. The van der Waals surface area contributed by atoms with Crippen LogP contribution in [0.15, 0.2) is 22.6 Å². The Morgan fingerprint density at radius 2 is 2.07 bits per heavy atom. The molecule has 2 aliphatic rings. The molecular weight excluding hydrogens is 376 g/mol. The van der Waals surface area contributed by atoms with Gasteiger partial charge in [-0.1, -0.05) is 11.6 Å². The smallest absolute Gasteiger partial charge is 0.298 e. The molecule has 3 heterocycles. The molecule has 0 saturated carbocycles. The van der Waals surface area contributed by atoms with Crippen LogP contribution in [0.5, 0.6) is 0 Å². The van der Waals surface area contributed by atoms with E-state index in [4.69, 9.17) is 16.0 Å². The lowest BCUT2D eigenvalue weighted by Crippen LogP contribution is -2.44. The Kier molecular flexibility index (Phi) is 4.97. The number of carbonyl (C=O) groups excluding carboxylic acids is 1. The summed E-state index contributed by atoms with van der Waals surface area (Å²) in [5, 5.41) is 0.597. The molecule has 0 spiro atoms. The van der Waals surface area contributed by atoms with Crippen molar-refractivity contribution in [2.75, 3.05) is 31.1 Å². The maximum absolute atomic E-state index is 13.3. The molecule has 0 bridgehead atoms. The summed E-state index contributed by atoms with van der Waals surface area (Å²) in [5.41, 5.74) is 1.40. The zero-order valence-electron chi connectivity index (χ0n) is 15.0. The molecule has 27 heavy (non-hydrogen) atoms. The first-order valence-electron chi connectivity index (χ1n) is 9.36. The van der Waals surface area contributed by atoms with Crippen molar-refractivity contribution < 1.29 is 18.0 Å². The number of oxazole rings is 1. The third kappa shape index (κ3) is 4.18. The Hall–Kier alpha value is -1.89.